The number of amides is 1. The standard InChI is InChI=1S/C19H16N4O4/c24-16-5-4-13(9-20-16)18(25)23-7-6-14-15(10-23)22-17(21-14)11-2-1-3-12(8-11)19(26)27/h1-5,8-9H,6-7,10H2,(H,20,24)(H,21,22)(H,26,27). The molecule has 0 saturated heterocycles. The van der Waals surface area contributed by atoms with Crippen molar-refractivity contribution in [2.24, 2.45) is 0 Å². The number of pyridine rings is 1. The summed E-state index contributed by atoms with van der Waals surface area (Å²) in [7, 11) is 0. The van der Waals surface area contributed by atoms with Crippen molar-refractivity contribution >= 4 is 11.9 Å². The van der Waals surface area contributed by atoms with Crippen LogP contribution in [-0.2, 0) is 13.0 Å². The van der Waals surface area contributed by atoms with Crippen molar-refractivity contribution < 1.29 is 14.7 Å². The maximum atomic E-state index is 12.6. The molecule has 3 aromatic rings. The van der Waals surface area contributed by atoms with Crippen LogP contribution in [0.5, 0.6) is 0 Å². The molecule has 0 spiro atoms. The van der Waals surface area contributed by atoms with Crippen LogP contribution in [0.2, 0.25) is 0 Å². The van der Waals surface area contributed by atoms with Crippen LogP contribution in [0.3, 0.4) is 0 Å². The number of rotatable bonds is 3. The number of aromatic carboxylic acids is 1. The van der Waals surface area contributed by atoms with Crippen LogP contribution in [0.1, 0.15) is 32.1 Å². The minimum Gasteiger partial charge on any atom is -0.478 e. The third-order valence-electron chi connectivity index (χ3n) is 4.53. The van der Waals surface area contributed by atoms with Crippen molar-refractivity contribution in [1.29, 1.82) is 0 Å². The fourth-order valence-electron chi connectivity index (χ4n) is 3.13. The van der Waals surface area contributed by atoms with Gasteiger partial charge < -0.3 is 20.0 Å². The summed E-state index contributed by atoms with van der Waals surface area (Å²) in [6.45, 7) is 0.892. The summed E-state index contributed by atoms with van der Waals surface area (Å²) >= 11 is 0. The van der Waals surface area contributed by atoms with Crippen LogP contribution in [0.4, 0.5) is 0 Å². The highest BCUT2D eigenvalue weighted by Gasteiger charge is 2.25. The lowest BCUT2D eigenvalue weighted by atomic mass is 10.1. The van der Waals surface area contributed by atoms with Gasteiger partial charge in [-0.3, -0.25) is 9.59 Å². The average Bonchev–Trinajstić information content (AvgIpc) is 3.11. The number of aromatic amines is 2. The molecule has 1 aliphatic heterocycles. The molecular formula is C19H16N4O4. The molecule has 0 atom stereocenters. The van der Waals surface area contributed by atoms with Gasteiger partial charge in [-0.15, -0.1) is 0 Å². The Hall–Kier alpha value is -3.68. The van der Waals surface area contributed by atoms with Crippen LogP contribution < -0.4 is 5.56 Å². The Balaban J connectivity index is 1.58. The van der Waals surface area contributed by atoms with Crippen LogP contribution in [-0.4, -0.2) is 43.4 Å². The van der Waals surface area contributed by atoms with Crippen molar-refractivity contribution in [1.82, 2.24) is 19.9 Å². The number of fused-ring (bicyclic) bond motifs is 1. The first-order valence-electron chi connectivity index (χ1n) is 8.41. The normalized spacial score (nSPS) is 13.3. The Labute approximate surface area is 153 Å². The molecule has 8 nitrogen and oxygen atoms in total. The van der Waals surface area contributed by atoms with Gasteiger partial charge in [0, 0.05) is 30.8 Å². The van der Waals surface area contributed by atoms with Gasteiger partial charge in [-0.05, 0) is 18.2 Å². The van der Waals surface area contributed by atoms with E-state index < -0.39 is 5.97 Å². The second kappa shape index (κ2) is 6.56. The third-order valence-corrected chi connectivity index (χ3v) is 4.53. The zero-order valence-corrected chi connectivity index (χ0v) is 14.2. The monoisotopic (exact) mass is 364 g/mol. The van der Waals surface area contributed by atoms with E-state index in [1.165, 1.54) is 24.4 Å². The number of hydrogen-bond donors (Lipinski definition) is 3. The fourth-order valence-corrected chi connectivity index (χ4v) is 3.13. The number of carbonyl (C=O) groups excluding carboxylic acids is 1. The largest absolute Gasteiger partial charge is 0.478 e. The second-order valence-electron chi connectivity index (χ2n) is 6.31. The summed E-state index contributed by atoms with van der Waals surface area (Å²) in [6.07, 6.45) is 2.01. The van der Waals surface area contributed by atoms with E-state index in [-0.39, 0.29) is 17.0 Å². The lowest BCUT2D eigenvalue weighted by Crippen LogP contribution is -2.36. The van der Waals surface area contributed by atoms with Gasteiger partial charge in [-0.1, -0.05) is 12.1 Å². The van der Waals surface area contributed by atoms with E-state index >= 15 is 0 Å². The SMILES string of the molecule is O=C(O)c1cccc(-c2nc3c([nH]2)CN(C(=O)c2ccc(=O)[nH]c2)CC3)c1. The molecule has 0 bridgehead atoms. The molecule has 1 aromatic carbocycles. The second-order valence-corrected chi connectivity index (χ2v) is 6.31. The highest BCUT2D eigenvalue weighted by Crippen LogP contribution is 2.24. The lowest BCUT2D eigenvalue weighted by molar-refractivity contribution is 0.0694. The molecule has 0 aliphatic carbocycles. The predicted octanol–water partition coefficient (Wildman–Crippen LogP) is 1.66. The van der Waals surface area contributed by atoms with Crippen molar-refractivity contribution in [3.63, 3.8) is 0 Å². The molecule has 27 heavy (non-hydrogen) atoms. The van der Waals surface area contributed by atoms with E-state index in [2.05, 4.69) is 15.0 Å². The lowest BCUT2D eigenvalue weighted by Gasteiger charge is -2.26. The van der Waals surface area contributed by atoms with E-state index in [1.807, 2.05) is 0 Å². The molecular weight excluding hydrogens is 348 g/mol. The topological polar surface area (TPSA) is 119 Å². The number of aromatic nitrogens is 3. The van der Waals surface area contributed by atoms with Gasteiger partial charge in [0.1, 0.15) is 5.82 Å². The molecule has 0 radical (unpaired) electrons. The smallest absolute Gasteiger partial charge is 0.335 e. The molecule has 0 unspecified atom stereocenters. The van der Waals surface area contributed by atoms with E-state index in [0.717, 1.165) is 11.4 Å². The summed E-state index contributed by atoms with van der Waals surface area (Å²) in [5, 5.41) is 9.14. The Bertz CT molecular complexity index is 1080. The average molecular weight is 364 g/mol. The van der Waals surface area contributed by atoms with Gasteiger partial charge in [0.05, 0.1) is 29.1 Å². The summed E-state index contributed by atoms with van der Waals surface area (Å²) in [5.41, 5.74) is 2.74. The van der Waals surface area contributed by atoms with Gasteiger partial charge in [-0.2, -0.15) is 0 Å². The van der Waals surface area contributed by atoms with E-state index in [1.54, 1.807) is 23.1 Å². The number of nitrogens with zero attached hydrogens (tertiary/aromatic N) is 2. The zero-order valence-electron chi connectivity index (χ0n) is 14.2. The Morgan fingerprint density at radius 2 is 2.00 bits per heavy atom. The first kappa shape index (κ1) is 16.8. The molecule has 2 aromatic heterocycles. The van der Waals surface area contributed by atoms with Crippen molar-refractivity contribution in [3.8, 4) is 11.4 Å². The van der Waals surface area contributed by atoms with E-state index in [9.17, 15) is 14.4 Å². The van der Waals surface area contributed by atoms with E-state index in [4.69, 9.17) is 5.11 Å². The zero-order chi connectivity index (χ0) is 19.0. The first-order valence-corrected chi connectivity index (χ1v) is 8.41. The van der Waals surface area contributed by atoms with Crippen LogP contribution >= 0.6 is 0 Å². The molecule has 8 heteroatoms. The van der Waals surface area contributed by atoms with Crippen molar-refractivity contribution in [2.75, 3.05) is 6.54 Å². The third kappa shape index (κ3) is 3.24. The number of carbonyl (C=O) groups is 2. The summed E-state index contributed by atoms with van der Waals surface area (Å²) in [6, 6.07) is 9.39. The number of carboxylic acids is 1. The van der Waals surface area contributed by atoms with Gasteiger partial charge in [0.15, 0.2) is 0 Å². The maximum absolute atomic E-state index is 12.6. The number of imidazole rings is 1. The van der Waals surface area contributed by atoms with Gasteiger partial charge in [0.25, 0.3) is 5.91 Å². The predicted molar refractivity (Wildman–Crippen MR) is 96.5 cm³/mol. The number of benzene rings is 1. The molecule has 136 valence electrons. The van der Waals surface area contributed by atoms with Crippen molar-refractivity contribution in [2.45, 2.75) is 13.0 Å². The Kier molecular flexibility index (Phi) is 4.08. The highest BCUT2D eigenvalue weighted by molar-refractivity contribution is 5.94. The first-order chi connectivity index (χ1) is 13.0. The van der Waals surface area contributed by atoms with Gasteiger partial charge >= 0.3 is 5.97 Å². The number of carboxylic acid groups (broad SMARTS) is 1. The molecule has 3 N–H and O–H groups in total. The van der Waals surface area contributed by atoms with Gasteiger partial charge in [0.2, 0.25) is 5.56 Å². The molecule has 0 saturated carbocycles. The minimum absolute atomic E-state index is 0.166. The summed E-state index contributed by atoms with van der Waals surface area (Å²) in [4.78, 5) is 46.9. The maximum Gasteiger partial charge on any atom is 0.335 e. The van der Waals surface area contributed by atoms with Crippen LogP contribution in [0.25, 0.3) is 11.4 Å². The summed E-state index contributed by atoms with van der Waals surface area (Å²) in [5.74, 6) is -0.576. The molecule has 0 fully saturated rings. The van der Waals surface area contributed by atoms with Crippen molar-refractivity contribution in [3.05, 3.63) is 75.5 Å². The Morgan fingerprint density at radius 3 is 2.74 bits per heavy atom. The number of hydrogen-bond acceptors (Lipinski definition) is 4. The highest BCUT2D eigenvalue weighted by atomic mass is 16.4. The van der Waals surface area contributed by atoms with E-state index in [0.29, 0.717) is 36.5 Å². The van der Waals surface area contributed by atoms with Crippen LogP contribution in [0.15, 0.2) is 47.4 Å². The molecule has 1 amide bonds. The number of nitrogens with one attached hydrogen (secondary N) is 2. The molecule has 3 heterocycles. The van der Waals surface area contributed by atoms with Crippen LogP contribution in [0, 0.1) is 0 Å². The molecule has 1 aliphatic rings. The quantitative estimate of drug-likeness (QED) is 0.653. The minimum atomic E-state index is -0.995. The summed E-state index contributed by atoms with van der Waals surface area (Å²) < 4.78 is 0. The Morgan fingerprint density at radius 1 is 1.15 bits per heavy atom. The number of H-pyrrole nitrogens is 2. The van der Waals surface area contributed by atoms with Gasteiger partial charge in [-0.25, -0.2) is 9.78 Å². The molecule has 4 rings (SSSR count). The fraction of sp³-hybridized carbons (Fsp3) is 0.158.